The van der Waals surface area contributed by atoms with Crippen LogP contribution in [-0.4, -0.2) is 56.6 Å². The molecule has 4 rings (SSSR count). The Morgan fingerprint density at radius 2 is 1.71 bits per heavy atom. The van der Waals surface area contributed by atoms with Gasteiger partial charge in [0.05, 0.1) is 0 Å². The highest BCUT2D eigenvalue weighted by atomic mass is 16.1. The van der Waals surface area contributed by atoms with Crippen LogP contribution in [0.5, 0.6) is 0 Å². The molecule has 1 aliphatic rings. The lowest BCUT2D eigenvalue weighted by molar-refractivity contribution is 0.247. The number of aromatic nitrogens is 4. The van der Waals surface area contributed by atoms with E-state index in [9.17, 15) is 4.79 Å². The number of nitrogens with zero attached hydrogens (tertiary/aromatic N) is 6. The molecule has 7 nitrogen and oxygen atoms in total. The van der Waals surface area contributed by atoms with Crippen LogP contribution in [0.25, 0.3) is 5.65 Å². The van der Waals surface area contributed by atoms with Gasteiger partial charge in [-0.25, -0.2) is 9.97 Å². The second-order valence-electron chi connectivity index (χ2n) is 5.97. The number of imidazole rings is 1. The predicted octanol–water partition coefficient (Wildman–Crippen LogP) is 0.713. The van der Waals surface area contributed by atoms with Crippen molar-refractivity contribution in [3.63, 3.8) is 0 Å². The molecule has 0 bridgehead atoms. The van der Waals surface area contributed by atoms with Crippen molar-refractivity contribution in [2.45, 2.75) is 6.54 Å². The smallest absolute Gasteiger partial charge is 0.250 e. The lowest BCUT2D eigenvalue weighted by Gasteiger charge is -2.35. The third-order valence-corrected chi connectivity index (χ3v) is 4.52. The van der Waals surface area contributed by atoms with Crippen molar-refractivity contribution in [1.29, 1.82) is 0 Å². The third-order valence-electron chi connectivity index (χ3n) is 4.52. The second-order valence-corrected chi connectivity index (χ2v) is 5.97. The molecule has 1 aliphatic heterocycles. The average molecular weight is 324 g/mol. The maximum atomic E-state index is 11.7. The summed E-state index contributed by atoms with van der Waals surface area (Å²) in [5.41, 5.74) is 0.966. The Balaban J connectivity index is 1.38. The monoisotopic (exact) mass is 324 g/mol. The number of fused-ring (bicyclic) bond motifs is 1. The standard InChI is InChI=1S/C17H20N6O/c24-15-3-1-2-6-21(15)12-9-20-10-13-23(14-11-20)17-16-18-4-7-22(16)8-5-19-17/h1-8H,9-14H2. The summed E-state index contributed by atoms with van der Waals surface area (Å²) < 4.78 is 3.76. The zero-order chi connectivity index (χ0) is 16.4. The molecule has 0 spiro atoms. The SMILES string of the molecule is O=c1ccccn1CCN1CCN(c2nccn3ccnc23)CC1. The summed E-state index contributed by atoms with van der Waals surface area (Å²) in [7, 11) is 0. The first-order chi connectivity index (χ1) is 11.8. The van der Waals surface area contributed by atoms with Crippen molar-refractivity contribution in [3.05, 3.63) is 59.5 Å². The number of piperazine rings is 1. The van der Waals surface area contributed by atoms with Crippen molar-refractivity contribution in [2.75, 3.05) is 37.6 Å². The lowest BCUT2D eigenvalue weighted by Crippen LogP contribution is -2.48. The van der Waals surface area contributed by atoms with Crippen LogP contribution in [0.3, 0.4) is 0 Å². The van der Waals surface area contributed by atoms with E-state index in [4.69, 9.17) is 0 Å². The minimum absolute atomic E-state index is 0.0614. The van der Waals surface area contributed by atoms with Gasteiger partial charge in [0.2, 0.25) is 0 Å². The molecule has 7 heteroatoms. The van der Waals surface area contributed by atoms with Crippen molar-refractivity contribution in [2.24, 2.45) is 0 Å². The quantitative estimate of drug-likeness (QED) is 0.707. The number of hydrogen-bond donors (Lipinski definition) is 0. The molecule has 4 heterocycles. The molecule has 0 atom stereocenters. The average Bonchev–Trinajstić information content (AvgIpc) is 3.10. The van der Waals surface area contributed by atoms with Crippen LogP contribution >= 0.6 is 0 Å². The first kappa shape index (κ1) is 14.9. The van der Waals surface area contributed by atoms with E-state index < -0.39 is 0 Å². The fourth-order valence-electron chi connectivity index (χ4n) is 3.14. The predicted molar refractivity (Wildman–Crippen MR) is 92.3 cm³/mol. The van der Waals surface area contributed by atoms with Crippen LogP contribution in [0.1, 0.15) is 0 Å². The van der Waals surface area contributed by atoms with E-state index in [0.29, 0.717) is 0 Å². The van der Waals surface area contributed by atoms with Gasteiger partial charge >= 0.3 is 0 Å². The van der Waals surface area contributed by atoms with Gasteiger partial charge in [-0.3, -0.25) is 9.69 Å². The summed E-state index contributed by atoms with van der Waals surface area (Å²) in [6, 6.07) is 5.28. The lowest BCUT2D eigenvalue weighted by atomic mass is 10.3. The molecule has 0 N–H and O–H groups in total. The molecule has 24 heavy (non-hydrogen) atoms. The Bertz CT molecular complexity index is 878. The summed E-state index contributed by atoms with van der Waals surface area (Å²) >= 11 is 0. The van der Waals surface area contributed by atoms with Crippen molar-refractivity contribution in [1.82, 2.24) is 23.8 Å². The van der Waals surface area contributed by atoms with E-state index in [-0.39, 0.29) is 5.56 Å². The molecular formula is C17H20N6O. The van der Waals surface area contributed by atoms with Gasteiger partial charge in [0, 0.05) is 76.3 Å². The number of rotatable bonds is 4. The van der Waals surface area contributed by atoms with Crippen LogP contribution < -0.4 is 10.5 Å². The van der Waals surface area contributed by atoms with Crippen molar-refractivity contribution >= 4 is 11.5 Å². The number of pyridine rings is 1. The molecule has 3 aromatic rings. The Morgan fingerprint density at radius 1 is 0.917 bits per heavy atom. The molecule has 1 fully saturated rings. The topological polar surface area (TPSA) is 58.7 Å². The fraction of sp³-hybridized carbons (Fsp3) is 0.353. The molecule has 0 radical (unpaired) electrons. The van der Waals surface area contributed by atoms with Gasteiger partial charge in [-0.1, -0.05) is 6.07 Å². The molecule has 0 saturated carbocycles. The summed E-state index contributed by atoms with van der Waals surface area (Å²) in [4.78, 5) is 25.3. The van der Waals surface area contributed by atoms with Gasteiger partial charge in [-0.05, 0) is 6.07 Å². The van der Waals surface area contributed by atoms with Crippen LogP contribution in [0.15, 0.2) is 54.0 Å². The Morgan fingerprint density at radius 3 is 2.50 bits per heavy atom. The fourth-order valence-corrected chi connectivity index (χ4v) is 3.14. The summed E-state index contributed by atoms with van der Waals surface area (Å²) in [6.07, 6.45) is 9.32. The van der Waals surface area contributed by atoms with Gasteiger partial charge in [-0.15, -0.1) is 0 Å². The Labute approximate surface area is 139 Å². The van der Waals surface area contributed by atoms with E-state index in [1.54, 1.807) is 22.9 Å². The van der Waals surface area contributed by atoms with Crippen LogP contribution in [0.2, 0.25) is 0 Å². The molecule has 0 unspecified atom stereocenters. The van der Waals surface area contributed by atoms with E-state index >= 15 is 0 Å². The molecule has 3 aromatic heterocycles. The first-order valence-corrected chi connectivity index (χ1v) is 8.22. The number of hydrogen-bond acceptors (Lipinski definition) is 5. The summed E-state index contributed by atoms with van der Waals surface area (Å²) in [5.74, 6) is 0.946. The van der Waals surface area contributed by atoms with Gasteiger partial charge in [-0.2, -0.15) is 0 Å². The molecule has 0 aliphatic carbocycles. The van der Waals surface area contributed by atoms with Crippen LogP contribution in [0.4, 0.5) is 5.82 Å². The van der Waals surface area contributed by atoms with Gasteiger partial charge in [0.1, 0.15) is 0 Å². The second kappa shape index (κ2) is 6.45. The maximum Gasteiger partial charge on any atom is 0.250 e. The van der Waals surface area contributed by atoms with Gasteiger partial charge in [0.25, 0.3) is 5.56 Å². The highest BCUT2D eigenvalue weighted by Crippen LogP contribution is 2.18. The summed E-state index contributed by atoms with van der Waals surface area (Å²) in [6.45, 7) is 5.38. The van der Waals surface area contributed by atoms with Crippen molar-refractivity contribution in [3.8, 4) is 0 Å². The molecular weight excluding hydrogens is 304 g/mol. The maximum absolute atomic E-state index is 11.7. The molecule has 124 valence electrons. The van der Waals surface area contributed by atoms with Gasteiger partial charge < -0.3 is 13.9 Å². The Hall–Kier alpha value is -2.67. The van der Waals surface area contributed by atoms with E-state index in [1.807, 2.05) is 35.3 Å². The molecule has 0 aromatic carbocycles. The van der Waals surface area contributed by atoms with E-state index in [1.165, 1.54) is 0 Å². The first-order valence-electron chi connectivity index (χ1n) is 8.22. The normalized spacial score (nSPS) is 15.9. The van der Waals surface area contributed by atoms with Crippen LogP contribution in [0, 0.1) is 0 Å². The van der Waals surface area contributed by atoms with Crippen molar-refractivity contribution < 1.29 is 0 Å². The highest BCUT2D eigenvalue weighted by molar-refractivity contribution is 5.64. The van der Waals surface area contributed by atoms with E-state index in [0.717, 1.165) is 50.7 Å². The molecule has 1 saturated heterocycles. The zero-order valence-corrected chi connectivity index (χ0v) is 13.5. The van der Waals surface area contributed by atoms with Crippen LogP contribution in [-0.2, 0) is 6.54 Å². The summed E-state index contributed by atoms with van der Waals surface area (Å²) in [5, 5.41) is 0. The van der Waals surface area contributed by atoms with E-state index in [2.05, 4.69) is 19.8 Å². The Kier molecular flexibility index (Phi) is 4.00. The zero-order valence-electron chi connectivity index (χ0n) is 13.5. The largest absolute Gasteiger partial charge is 0.351 e. The van der Waals surface area contributed by atoms with Gasteiger partial charge in [0.15, 0.2) is 11.5 Å². The minimum Gasteiger partial charge on any atom is -0.351 e. The molecule has 0 amide bonds. The minimum atomic E-state index is 0.0614. The number of anilines is 1. The highest BCUT2D eigenvalue weighted by Gasteiger charge is 2.20. The third kappa shape index (κ3) is 2.90.